The number of carbonyl (C=O) groups is 2. The molecule has 0 aliphatic rings. The zero-order chi connectivity index (χ0) is 17.5. The van der Waals surface area contributed by atoms with Crippen LogP contribution in [0, 0.1) is 0 Å². The Morgan fingerprint density at radius 2 is 1.54 bits per heavy atom. The van der Waals surface area contributed by atoms with E-state index in [0.29, 0.717) is 35.6 Å². The van der Waals surface area contributed by atoms with E-state index >= 15 is 0 Å². The van der Waals surface area contributed by atoms with Crippen molar-refractivity contribution in [2.75, 3.05) is 20.8 Å². The molecule has 0 bridgehead atoms. The highest BCUT2D eigenvalue weighted by Crippen LogP contribution is 2.27. The first-order valence-corrected chi connectivity index (χ1v) is 7.65. The average molecular weight is 327 g/mol. The van der Waals surface area contributed by atoms with Crippen LogP contribution in [0.5, 0.6) is 11.5 Å². The molecule has 24 heavy (non-hydrogen) atoms. The minimum Gasteiger partial charge on any atom is -0.493 e. The molecule has 0 saturated carbocycles. The Balaban J connectivity index is 1.91. The van der Waals surface area contributed by atoms with Gasteiger partial charge in [0, 0.05) is 17.7 Å². The van der Waals surface area contributed by atoms with Crippen molar-refractivity contribution in [1.29, 1.82) is 0 Å². The number of benzene rings is 2. The number of hydrogen-bond acceptors (Lipinski definition) is 4. The highest BCUT2D eigenvalue weighted by atomic mass is 16.5. The smallest absolute Gasteiger partial charge is 0.251 e. The van der Waals surface area contributed by atoms with Crippen molar-refractivity contribution in [3.8, 4) is 11.5 Å². The van der Waals surface area contributed by atoms with E-state index in [4.69, 9.17) is 9.47 Å². The fourth-order valence-electron chi connectivity index (χ4n) is 2.31. The number of carbonyl (C=O) groups excluding carboxylic acids is 2. The van der Waals surface area contributed by atoms with E-state index in [2.05, 4.69) is 5.32 Å². The van der Waals surface area contributed by atoms with Gasteiger partial charge >= 0.3 is 0 Å². The van der Waals surface area contributed by atoms with Crippen LogP contribution in [0.4, 0.5) is 0 Å². The lowest BCUT2D eigenvalue weighted by molar-refractivity contribution is 0.0952. The Morgan fingerprint density at radius 3 is 2.12 bits per heavy atom. The molecule has 0 fully saturated rings. The van der Waals surface area contributed by atoms with E-state index in [9.17, 15) is 9.59 Å². The molecule has 0 unspecified atom stereocenters. The maximum absolute atomic E-state index is 12.1. The molecule has 0 spiro atoms. The number of nitrogens with one attached hydrogen (secondary N) is 1. The van der Waals surface area contributed by atoms with Crippen LogP contribution in [0.15, 0.2) is 42.5 Å². The number of rotatable bonds is 7. The fraction of sp³-hybridized carbons (Fsp3) is 0.263. The second-order valence-corrected chi connectivity index (χ2v) is 5.33. The number of Topliss-reactive ketones (excluding diaryl/α,β-unsaturated/α-hetero) is 1. The van der Waals surface area contributed by atoms with Gasteiger partial charge in [-0.05, 0) is 43.2 Å². The van der Waals surface area contributed by atoms with Crippen LogP contribution in [0.3, 0.4) is 0 Å². The van der Waals surface area contributed by atoms with Gasteiger partial charge in [0.25, 0.3) is 5.91 Å². The zero-order valence-electron chi connectivity index (χ0n) is 14.1. The Morgan fingerprint density at radius 1 is 0.917 bits per heavy atom. The second-order valence-electron chi connectivity index (χ2n) is 5.33. The molecule has 2 aromatic rings. The predicted molar refractivity (Wildman–Crippen MR) is 92.0 cm³/mol. The molecule has 0 atom stereocenters. The minimum absolute atomic E-state index is 0.0181. The molecule has 1 N–H and O–H groups in total. The lowest BCUT2D eigenvalue weighted by atomic mass is 10.1. The van der Waals surface area contributed by atoms with Gasteiger partial charge in [-0.3, -0.25) is 9.59 Å². The van der Waals surface area contributed by atoms with Gasteiger partial charge in [-0.2, -0.15) is 0 Å². The van der Waals surface area contributed by atoms with Crippen LogP contribution in [0.1, 0.15) is 33.2 Å². The lowest BCUT2D eigenvalue weighted by Gasteiger charge is -2.10. The number of hydrogen-bond donors (Lipinski definition) is 1. The molecule has 2 rings (SSSR count). The largest absolute Gasteiger partial charge is 0.493 e. The third-order valence-electron chi connectivity index (χ3n) is 3.70. The van der Waals surface area contributed by atoms with Crippen molar-refractivity contribution < 1.29 is 19.1 Å². The van der Waals surface area contributed by atoms with Crippen LogP contribution in [-0.2, 0) is 6.42 Å². The zero-order valence-corrected chi connectivity index (χ0v) is 14.1. The molecule has 0 saturated heterocycles. The third-order valence-corrected chi connectivity index (χ3v) is 3.70. The molecule has 0 radical (unpaired) electrons. The Bertz CT molecular complexity index is 723. The summed E-state index contributed by atoms with van der Waals surface area (Å²) in [7, 11) is 3.18. The number of methoxy groups -OCH3 is 2. The lowest BCUT2D eigenvalue weighted by Crippen LogP contribution is -2.25. The van der Waals surface area contributed by atoms with Gasteiger partial charge in [0.1, 0.15) is 0 Å². The minimum atomic E-state index is -0.162. The maximum atomic E-state index is 12.1. The molecule has 5 heteroatoms. The summed E-state index contributed by atoms with van der Waals surface area (Å²) in [5, 5.41) is 2.87. The van der Waals surface area contributed by atoms with Crippen LogP contribution in [0.2, 0.25) is 0 Å². The highest BCUT2D eigenvalue weighted by Gasteiger charge is 2.08. The van der Waals surface area contributed by atoms with Crippen molar-refractivity contribution in [3.63, 3.8) is 0 Å². The van der Waals surface area contributed by atoms with E-state index in [0.717, 1.165) is 5.56 Å². The van der Waals surface area contributed by atoms with E-state index in [1.807, 2.05) is 18.2 Å². The van der Waals surface area contributed by atoms with Crippen molar-refractivity contribution >= 4 is 11.7 Å². The quantitative estimate of drug-likeness (QED) is 0.794. The van der Waals surface area contributed by atoms with Gasteiger partial charge in [-0.15, -0.1) is 0 Å². The third kappa shape index (κ3) is 4.35. The second kappa shape index (κ2) is 8.15. The first kappa shape index (κ1) is 17.5. The maximum Gasteiger partial charge on any atom is 0.251 e. The van der Waals surface area contributed by atoms with Crippen LogP contribution in [0.25, 0.3) is 0 Å². The number of ketones is 1. The molecule has 0 heterocycles. The molecule has 126 valence electrons. The SMILES string of the molecule is COc1ccc(CCNC(=O)c2ccc(C(C)=O)cc2)cc1OC. The summed E-state index contributed by atoms with van der Waals surface area (Å²) in [4.78, 5) is 23.3. The standard InChI is InChI=1S/C19H21NO4/c1-13(21)15-5-7-16(8-6-15)19(22)20-11-10-14-4-9-17(23-2)18(12-14)24-3/h4-9,12H,10-11H2,1-3H3,(H,20,22). The average Bonchev–Trinajstić information content (AvgIpc) is 2.61. The molecule has 1 amide bonds. The first-order valence-electron chi connectivity index (χ1n) is 7.65. The molecular weight excluding hydrogens is 306 g/mol. The number of ether oxygens (including phenoxy) is 2. The van der Waals surface area contributed by atoms with Gasteiger partial charge in [0.15, 0.2) is 17.3 Å². The first-order chi connectivity index (χ1) is 11.5. The summed E-state index contributed by atoms with van der Waals surface area (Å²) in [5.41, 5.74) is 2.17. The van der Waals surface area contributed by atoms with Crippen molar-refractivity contribution in [2.45, 2.75) is 13.3 Å². The summed E-state index contributed by atoms with van der Waals surface area (Å²) in [6, 6.07) is 12.3. The topological polar surface area (TPSA) is 64.6 Å². The Kier molecular flexibility index (Phi) is 5.95. The predicted octanol–water partition coefficient (Wildman–Crippen LogP) is 2.88. The molecule has 5 nitrogen and oxygen atoms in total. The van der Waals surface area contributed by atoms with E-state index in [-0.39, 0.29) is 11.7 Å². The highest BCUT2D eigenvalue weighted by molar-refractivity contribution is 5.97. The molecular formula is C19H21NO4. The fourth-order valence-corrected chi connectivity index (χ4v) is 2.31. The Labute approximate surface area is 141 Å². The summed E-state index contributed by atoms with van der Waals surface area (Å²) in [6.07, 6.45) is 0.678. The Hall–Kier alpha value is -2.82. The van der Waals surface area contributed by atoms with Crippen molar-refractivity contribution in [3.05, 3.63) is 59.2 Å². The van der Waals surface area contributed by atoms with Gasteiger partial charge in [-0.1, -0.05) is 18.2 Å². The van der Waals surface area contributed by atoms with Gasteiger partial charge in [0.2, 0.25) is 0 Å². The monoisotopic (exact) mass is 327 g/mol. The van der Waals surface area contributed by atoms with Crippen LogP contribution >= 0.6 is 0 Å². The summed E-state index contributed by atoms with van der Waals surface area (Å²) >= 11 is 0. The molecule has 0 aromatic heterocycles. The van der Waals surface area contributed by atoms with E-state index < -0.39 is 0 Å². The summed E-state index contributed by atoms with van der Waals surface area (Å²) in [6.45, 7) is 2.00. The molecule has 0 aliphatic heterocycles. The van der Waals surface area contributed by atoms with Crippen molar-refractivity contribution in [1.82, 2.24) is 5.32 Å². The van der Waals surface area contributed by atoms with Crippen molar-refractivity contribution in [2.24, 2.45) is 0 Å². The van der Waals surface area contributed by atoms with Crippen LogP contribution in [-0.4, -0.2) is 32.5 Å². The van der Waals surface area contributed by atoms with Gasteiger partial charge < -0.3 is 14.8 Å². The number of amides is 1. The van der Waals surface area contributed by atoms with E-state index in [1.54, 1.807) is 38.5 Å². The summed E-state index contributed by atoms with van der Waals surface area (Å²) < 4.78 is 10.5. The normalized spacial score (nSPS) is 10.1. The molecule has 0 aliphatic carbocycles. The van der Waals surface area contributed by atoms with Gasteiger partial charge in [0.05, 0.1) is 14.2 Å². The van der Waals surface area contributed by atoms with Gasteiger partial charge in [-0.25, -0.2) is 0 Å². The summed E-state index contributed by atoms with van der Waals surface area (Å²) in [5.74, 6) is 1.16. The molecule has 2 aromatic carbocycles. The van der Waals surface area contributed by atoms with E-state index in [1.165, 1.54) is 6.92 Å². The van der Waals surface area contributed by atoms with Crippen LogP contribution < -0.4 is 14.8 Å².